The van der Waals surface area contributed by atoms with Crippen LogP contribution in [0.25, 0.3) is 16.9 Å². The second-order valence-corrected chi connectivity index (χ2v) is 8.22. The number of amides is 1. The lowest BCUT2D eigenvalue weighted by atomic mass is 10.1. The summed E-state index contributed by atoms with van der Waals surface area (Å²) in [5.74, 6) is -0.878. The van der Waals surface area contributed by atoms with Crippen molar-refractivity contribution in [2.75, 3.05) is 0 Å². The fourth-order valence-electron chi connectivity index (χ4n) is 3.55. The molecule has 0 aliphatic heterocycles. The quantitative estimate of drug-likeness (QED) is 0.253. The first-order chi connectivity index (χ1) is 17.4. The van der Waals surface area contributed by atoms with Gasteiger partial charge in [-0.1, -0.05) is 49.0 Å². The molecule has 2 heterocycles. The number of hydrogen-bond donors (Lipinski definition) is 2. The molecule has 0 aliphatic carbocycles. The highest BCUT2D eigenvalue weighted by atomic mass is 19.1. The van der Waals surface area contributed by atoms with Crippen LogP contribution in [-0.4, -0.2) is 39.0 Å². The molecule has 0 spiro atoms. The third-order valence-corrected chi connectivity index (χ3v) is 5.44. The lowest BCUT2D eigenvalue weighted by Crippen LogP contribution is -2.37. The number of fused-ring (bicyclic) bond motifs is 1. The van der Waals surface area contributed by atoms with Crippen molar-refractivity contribution in [2.24, 2.45) is 4.99 Å². The molecule has 2 aromatic carbocycles. The molecule has 2 atom stereocenters. The van der Waals surface area contributed by atoms with Gasteiger partial charge in [0, 0.05) is 18.0 Å². The normalized spacial score (nSPS) is 13.0. The van der Waals surface area contributed by atoms with E-state index in [9.17, 15) is 9.18 Å². The number of allylic oxidation sites excluding steroid dienone is 1. The number of carbonyl (C=O) groups is 1. The molecule has 36 heavy (non-hydrogen) atoms. The minimum atomic E-state index is -1.51. The van der Waals surface area contributed by atoms with Crippen molar-refractivity contribution in [3.05, 3.63) is 102 Å². The Morgan fingerprint density at radius 3 is 2.61 bits per heavy atom. The first-order valence-corrected chi connectivity index (χ1v) is 11.2. The maximum Gasteiger partial charge on any atom is 0.257 e. The van der Waals surface area contributed by atoms with Gasteiger partial charge in [0.15, 0.2) is 11.8 Å². The Balaban J connectivity index is 1.63. The summed E-state index contributed by atoms with van der Waals surface area (Å²) in [6.45, 7) is 5.56. The monoisotopic (exact) mass is 486 g/mol. The smallest absolute Gasteiger partial charge is 0.257 e. The topological polar surface area (TPSA) is 95.5 Å². The van der Waals surface area contributed by atoms with E-state index in [0.717, 1.165) is 17.3 Å². The second kappa shape index (κ2) is 10.8. The van der Waals surface area contributed by atoms with E-state index in [1.165, 1.54) is 29.1 Å². The zero-order valence-corrected chi connectivity index (χ0v) is 19.5. The summed E-state index contributed by atoms with van der Waals surface area (Å²) in [5.41, 5.74) is 2.84. The fourth-order valence-corrected chi connectivity index (χ4v) is 3.55. The van der Waals surface area contributed by atoms with Gasteiger partial charge in [-0.05, 0) is 36.3 Å². The predicted molar refractivity (Wildman–Crippen MR) is 136 cm³/mol. The van der Waals surface area contributed by atoms with Crippen LogP contribution < -0.4 is 5.32 Å². The van der Waals surface area contributed by atoms with Crippen LogP contribution in [0.3, 0.4) is 0 Å². The number of nitrogens with one attached hydrogen (secondary N) is 2. The van der Waals surface area contributed by atoms with Gasteiger partial charge in [0.25, 0.3) is 5.91 Å². The van der Waals surface area contributed by atoms with Crippen LogP contribution in [-0.2, 0) is 6.54 Å². The zero-order valence-electron chi connectivity index (χ0n) is 19.5. The molecular weight excluding hydrogens is 462 g/mol. The van der Waals surface area contributed by atoms with Crippen LogP contribution in [0.2, 0.25) is 0 Å². The van der Waals surface area contributed by atoms with Gasteiger partial charge in [0.1, 0.15) is 11.4 Å². The number of benzene rings is 2. The summed E-state index contributed by atoms with van der Waals surface area (Å²) in [5, 5.41) is 14.6. The Morgan fingerprint density at radius 2 is 1.94 bits per heavy atom. The average molecular weight is 487 g/mol. The molecule has 2 aromatic heterocycles. The number of hydrogen-bond acceptors (Lipinski definition) is 5. The molecule has 182 valence electrons. The SMILES string of the molecule is C=C(C)C(F)c1cc(-c2ccccc2)nc2c(C(=O)NC(C=N)C=NCc3ccc(F)cc3)cnn12. The zero-order chi connectivity index (χ0) is 25.7. The molecule has 0 saturated heterocycles. The van der Waals surface area contributed by atoms with E-state index in [4.69, 9.17) is 5.41 Å². The summed E-state index contributed by atoms with van der Waals surface area (Å²) >= 11 is 0. The van der Waals surface area contributed by atoms with E-state index in [2.05, 4.69) is 27.0 Å². The van der Waals surface area contributed by atoms with E-state index in [1.54, 1.807) is 25.1 Å². The number of halogens is 2. The largest absolute Gasteiger partial charge is 0.339 e. The summed E-state index contributed by atoms with van der Waals surface area (Å²) < 4.78 is 29.5. The van der Waals surface area contributed by atoms with Gasteiger partial charge in [0.2, 0.25) is 0 Å². The Labute approximate surface area is 206 Å². The molecule has 0 aliphatic rings. The third kappa shape index (κ3) is 5.41. The van der Waals surface area contributed by atoms with Gasteiger partial charge in [-0.15, -0.1) is 0 Å². The van der Waals surface area contributed by atoms with Crippen molar-refractivity contribution in [1.82, 2.24) is 19.9 Å². The second-order valence-electron chi connectivity index (χ2n) is 8.22. The first-order valence-electron chi connectivity index (χ1n) is 11.2. The van der Waals surface area contributed by atoms with Crippen LogP contribution in [0.15, 0.2) is 84.0 Å². The van der Waals surface area contributed by atoms with E-state index >= 15 is 4.39 Å². The van der Waals surface area contributed by atoms with Gasteiger partial charge < -0.3 is 10.7 Å². The number of aromatic nitrogens is 3. The van der Waals surface area contributed by atoms with Gasteiger partial charge >= 0.3 is 0 Å². The Bertz CT molecular complexity index is 1430. The lowest BCUT2D eigenvalue weighted by Gasteiger charge is -2.13. The summed E-state index contributed by atoms with van der Waals surface area (Å²) in [7, 11) is 0. The van der Waals surface area contributed by atoms with Gasteiger partial charge in [-0.3, -0.25) is 9.79 Å². The molecule has 0 bridgehead atoms. The van der Waals surface area contributed by atoms with Gasteiger partial charge in [-0.2, -0.15) is 5.10 Å². The maximum absolute atomic E-state index is 15.1. The molecule has 7 nitrogen and oxygen atoms in total. The van der Waals surface area contributed by atoms with Crippen molar-refractivity contribution >= 4 is 24.0 Å². The fraction of sp³-hybridized carbons (Fsp3) is 0.148. The molecule has 4 aromatic rings. The Hall–Kier alpha value is -4.53. The number of aliphatic imine (C=N–C) groups is 1. The van der Waals surface area contributed by atoms with Crippen molar-refractivity contribution < 1.29 is 13.6 Å². The van der Waals surface area contributed by atoms with Crippen molar-refractivity contribution in [1.29, 1.82) is 5.41 Å². The standard InChI is InChI=1S/C27H24F2N6O/c1-17(2)25(29)24-12-23(19-6-4-3-5-7-19)34-26-22(16-32-35(24)26)27(36)33-21(13-30)15-31-14-18-8-10-20(28)11-9-18/h3-13,15-16,21,25,30H,1,14H2,2H3,(H,33,36). The van der Waals surface area contributed by atoms with Crippen LogP contribution in [0.1, 0.15) is 34.7 Å². The van der Waals surface area contributed by atoms with Gasteiger partial charge in [0.05, 0.1) is 30.2 Å². The lowest BCUT2D eigenvalue weighted by molar-refractivity contribution is 0.0956. The van der Waals surface area contributed by atoms with Crippen LogP contribution in [0.5, 0.6) is 0 Å². The summed E-state index contributed by atoms with van der Waals surface area (Å²) in [6.07, 6.45) is 2.26. The molecule has 4 rings (SSSR count). The van der Waals surface area contributed by atoms with Crippen molar-refractivity contribution in [3.8, 4) is 11.3 Å². The molecule has 9 heteroatoms. The minimum Gasteiger partial charge on any atom is -0.339 e. The number of nitrogens with zero attached hydrogens (tertiary/aromatic N) is 4. The molecular formula is C27H24F2N6O. The Morgan fingerprint density at radius 1 is 1.22 bits per heavy atom. The van der Waals surface area contributed by atoms with E-state index < -0.39 is 18.1 Å². The van der Waals surface area contributed by atoms with Crippen LogP contribution in [0, 0.1) is 11.2 Å². The van der Waals surface area contributed by atoms with Crippen molar-refractivity contribution in [2.45, 2.75) is 25.7 Å². The van der Waals surface area contributed by atoms with E-state index in [1.807, 2.05) is 30.3 Å². The molecule has 0 saturated carbocycles. The van der Waals surface area contributed by atoms with E-state index in [-0.39, 0.29) is 29.3 Å². The third-order valence-electron chi connectivity index (χ3n) is 5.44. The number of carbonyl (C=O) groups excluding carboxylic acids is 1. The maximum atomic E-state index is 15.1. The van der Waals surface area contributed by atoms with Crippen molar-refractivity contribution in [3.63, 3.8) is 0 Å². The molecule has 1 amide bonds. The van der Waals surface area contributed by atoms with Gasteiger partial charge in [-0.25, -0.2) is 18.3 Å². The average Bonchev–Trinajstić information content (AvgIpc) is 3.33. The van der Waals surface area contributed by atoms with E-state index in [0.29, 0.717) is 11.3 Å². The molecule has 2 unspecified atom stereocenters. The first kappa shape index (κ1) is 24.6. The summed E-state index contributed by atoms with van der Waals surface area (Å²) in [6, 6.07) is 15.9. The number of alkyl halides is 1. The molecule has 2 N–H and O–H groups in total. The Kier molecular flexibility index (Phi) is 7.39. The number of rotatable bonds is 9. The van der Waals surface area contributed by atoms with Crippen LogP contribution in [0.4, 0.5) is 8.78 Å². The molecule has 0 fully saturated rings. The minimum absolute atomic E-state index is 0.127. The van der Waals surface area contributed by atoms with Crippen LogP contribution >= 0.6 is 0 Å². The highest BCUT2D eigenvalue weighted by Gasteiger charge is 2.23. The highest BCUT2D eigenvalue weighted by Crippen LogP contribution is 2.29. The molecule has 0 radical (unpaired) electrons. The highest BCUT2D eigenvalue weighted by molar-refractivity contribution is 6.03. The summed E-state index contributed by atoms with van der Waals surface area (Å²) in [4.78, 5) is 21.9. The predicted octanol–water partition coefficient (Wildman–Crippen LogP) is 5.14.